The summed E-state index contributed by atoms with van der Waals surface area (Å²) in [4.78, 5) is 12.5. The number of amides is 1. The van der Waals surface area contributed by atoms with Crippen molar-refractivity contribution in [3.05, 3.63) is 53.6 Å². The van der Waals surface area contributed by atoms with E-state index >= 15 is 0 Å². The van der Waals surface area contributed by atoms with E-state index in [4.69, 9.17) is 4.74 Å². The molecule has 1 fully saturated rings. The summed E-state index contributed by atoms with van der Waals surface area (Å²) in [7, 11) is 0. The van der Waals surface area contributed by atoms with Crippen molar-refractivity contribution in [2.75, 3.05) is 13.2 Å². The molecule has 1 amide bonds. The molecule has 2 N–H and O–H groups in total. The maximum absolute atomic E-state index is 13.6. The van der Waals surface area contributed by atoms with Crippen LogP contribution >= 0.6 is 0 Å². The van der Waals surface area contributed by atoms with Gasteiger partial charge < -0.3 is 10.1 Å². The third-order valence-electron chi connectivity index (χ3n) is 4.16. The Morgan fingerprint density at radius 3 is 3.09 bits per heavy atom. The molecule has 5 nitrogen and oxygen atoms in total. The van der Waals surface area contributed by atoms with Crippen molar-refractivity contribution in [2.45, 2.75) is 25.4 Å². The first-order valence-corrected chi connectivity index (χ1v) is 7.87. The zero-order valence-electron chi connectivity index (χ0n) is 12.8. The molecule has 6 heteroatoms. The summed E-state index contributed by atoms with van der Waals surface area (Å²) in [6, 6.07) is 6.62. The molecule has 1 saturated heterocycles. The number of nitrogens with one attached hydrogen (secondary N) is 2. The molecule has 2 atom stereocenters. The Morgan fingerprint density at radius 2 is 2.30 bits per heavy atom. The van der Waals surface area contributed by atoms with Crippen molar-refractivity contribution in [1.82, 2.24) is 15.5 Å². The highest BCUT2D eigenvalue weighted by atomic mass is 19.1. The monoisotopic (exact) mass is 317 g/mol. The fraction of sp³-hybridized carbons (Fsp3) is 0.412. The molecule has 1 aromatic carbocycles. The Morgan fingerprint density at radius 1 is 1.43 bits per heavy atom. The molecule has 122 valence electrons. The average Bonchev–Trinajstić information content (AvgIpc) is 3.11. The van der Waals surface area contributed by atoms with E-state index in [-0.39, 0.29) is 23.7 Å². The number of aromatic amines is 1. The number of aromatic nitrogens is 2. The van der Waals surface area contributed by atoms with Crippen LogP contribution in [-0.4, -0.2) is 29.3 Å². The lowest BCUT2D eigenvalue weighted by Gasteiger charge is -2.30. The molecule has 3 rings (SSSR count). The highest BCUT2D eigenvalue weighted by Crippen LogP contribution is 2.33. The number of H-pyrrole nitrogens is 1. The average molecular weight is 317 g/mol. The molecule has 2 aromatic rings. The largest absolute Gasteiger partial charge is 0.373 e. The van der Waals surface area contributed by atoms with Gasteiger partial charge >= 0.3 is 0 Å². The van der Waals surface area contributed by atoms with Gasteiger partial charge in [0.15, 0.2) is 0 Å². The van der Waals surface area contributed by atoms with Crippen LogP contribution < -0.4 is 5.32 Å². The number of ether oxygens (including phenoxy) is 1. The fourth-order valence-corrected chi connectivity index (χ4v) is 2.95. The second-order valence-corrected chi connectivity index (χ2v) is 5.70. The second-order valence-electron chi connectivity index (χ2n) is 5.70. The molecule has 0 spiro atoms. The van der Waals surface area contributed by atoms with E-state index in [2.05, 4.69) is 15.5 Å². The minimum absolute atomic E-state index is 0.0489. The van der Waals surface area contributed by atoms with Gasteiger partial charge in [0.05, 0.1) is 18.2 Å². The molecule has 1 aliphatic rings. The summed E-state index contributed by atoms with van der Waals surface area (Å²) in [6.45, 7) is 1.06. The Kier molecular flexibility index (Phi) is 5.02. The number of nitrogens with zero attached hydrogens (tertiary/aromatic N) is 1. The van der Waals surface area contributed by atoms with Crippen LogP contribution in [0.5, 0.6) is 0 Å². The molecule has 23 heavy (non-hydrogen) atoms. The summed E-state index contributed by atoms with van der Waals surface area (Å²) in [5, 5.41) is 9.58. The van der Waals surface area contributed by atoms with Crippen molar-refractivity contribution in [3.8, 4) is 0 Å². The van der Waals surface area contributed by atoms with Crippen LogP contribution in [0.25, 0.3) is 0 Å². The van der Waals surface area contributed by atoms with E-state index in [9.17, 15) is 9.18 Å². The zero-order chi connectivity index (χ0) is 16.1. The van der Waals surface area contributed by atoms with Gasteiger partial charge in [-0.15, -0.1) is 0 Å². The number of carbonyl (C=O) groups excluding carboxylic acids is 1. The minimum Gasteiger partial charge on any atom is -0.373 e. The molecule has 0 radical (unpaired) electrons. The van der Waals surface area contributed by atoms with Crippen LogP contribution in [0.2, 0.25) is 0 Å². The lowest BCUT2D eigenvalue weighted by atomic mass is 9.90. The first-order chi connectivity index (χ1) is 11.3. The SMILES string of the molecule is O=C(NCCc1ccccc1F)[C@@H]1CCCO[C@H]1c1cn[nH]c1. The molecular weight excluding hydrogens is 297 g/mol. The first-order valence-electron chi connectivity index (χ1n) is 7.87. The van der Waals surface area contributed by atoms with Crippen molar-refractivity contribution in [2.24, 2.45) is 5.92 Å². The van der Waals surface area contributed by atoms with Gasteiger partial charge in [0.1, 0.15) is 5.82 Å². The quantitative estimate of drug-likeness (QED) is 0.890. The van der Waals surface area contributed by atoms with Crippen LogP contribution in [0.4, 0.5) is 4.39 Å². The van der Waals surface area contributed by atoms with E-state index < -0.39 is 0 Å². The molecule has 1 aliphatic heterocycles. The fourth-order valence-electron chi connectivity index (χ4n) is 2.95. The number of halogens is 1. The van der Waals surface area contributed by atoms with E-state index in [1.165, 1.54) is 6.07 Å². The van der Waals surface area contributed by atoms with E-state index in [1.807, 2.05) is 0 Å². The van der Waals surface area contributed by atoms with Crippen LogP contribution in [0.1, 0.15) is 30.1 Å². The van der Waals surface area contributed by atoms with Crippen molar-refractivity contribution >= 4 is 5.91 Å². The predicted molar refractivity (Wildman–Crippen MR) is 83.1 cm³/mol. The van der Waals surface area contributed by atoms with E-state index in [0.29, 0.717) is 25.1 Å². The first kappa shape index (κ1) is 15.7. The van der Waals surface area contributed by atoms with Gasteiger partial charge in [0.2, 0.25) is 5.91 Å². The van der Waals surface area contributed by atoms with Gasteiger partial charge in [-0.3, -0.25) is 9.89 Å². The summed E-state index contributed by atoms with van der Waals surface area (Å²) >= 11 is 0. The summed E-state index contributed by atoms with van der Waals surface area (Å²) in [6.07, 6.45) is 5.30. The van der Waals surface area contributed by atoms with E-state index in [0.717, 1.165) is 18.4 Å². The molecule has 2 heterocycles. The molecule has 1 aromatic heterocycles. The molecular formula is C17H20FN3O2. The molecule has 0 aliphatic carbocycles. The maximum Gasteiger partial charge on any atom is 0.226 e. The Balaban J connectivity index is 1.57. The van der Waals surface area contributed by atoms with Gasteiger partial charge in [0, 0.05) is 24.9 Å². The van der Waals surface area contributed by atoms with Crippen molar-refractivity contribution in [3.63, 3.8) is 0 Å². The topological polar surface area (TPSA) is 67.0 Å². The summed E-state index contributed by atoms with van der Waals surface area (Å²) in [5.41, 5.74) is 1.50. The predicted octanol–water partition coefficient (Wildman–Crippen LogP) is 2.38. The van der Waals surface area contributed by atoms with E-state index in [1.54, 1.807) is 30.6 Å². The molecule has 0 bridgehead atoms. The number of rotatable bonds is 5. The summed E-state index contributed by atoms with van der Waals surface area (Å²) < 4.78 is 19.3. The second kappa shape index (κ2) is 7.37. The number of benzene rings is 1. The normalized spacial score (nSPS) is 21.1. The summed E-state index contributed by atoms with van der Waals surface area (Å²) in [5.74, 6) is -0.520. The zero-order valence-corrected chi connectivity index (χ0v) is 12.8. The molecule has 0 unspecified atom stereocenters. The maximum atomic E-state index is 13.6. The van der Waals surface area contributed by atoms with Gasteiger partial charge in [-0.2, -0.15) is 5.10 Å². The third-order valence-corrected chi connectivity index (χ3v) is 4.16. The lowest BCUT2D eigenvalue weighted by molar-refractivity contribution is -0.134. The minimum atomic E-state index is -0.268. The Labute approximate surface area is 134 Å². The Bertz CT molecular complexity index is 645. The molecule has 0 saturated carbocycles. The standard InChI is InChI=1S/C17H20FN3O2/c18-15-6-2-1-4-12(15)7-8-19-17(22)14-5-3-9-23-16(14)13-10-20-21-11-13/h1-2,4,6,10-11,14,16H,3,5,7-9H2,(H,19,22)(H,20,21)/t14-,16+/m1/s1. The van der Waals surface area contributed by atoms with Crippen LogP contribution in [0.15, 0.2) is 36.7 Å². The van der Waals surface area contributed by atoms with Gasteiger partial charge in [-0.25, -0.2) is 4.39 Å². The van der Waals surface area contributed by atoms with Crippen molar-refractivity contribution < 1.29 is 13.9 Å². The number of hydrogen-bond acceptors (Lipinski definition) is 3. The van der Waals surface area contributed by atoms with Gasteiger partial charge in [-0.1, -0.05) is 18.2 Å². The highest BCUT2D eigenvalue weighted by Gasteiger charge is 2.33. The van der Waals surface area contributed by atoms with Gasteiger partial charge in [0.25, 0.3) is 0 Å². The van der Waals surface area contributed by atoms with Crippen LogP contribution in [0.3, 0.4) is 0 Å². The van der Waals surface area contributed by atoms with Crippen LogP contribution in [0, 0.1) is 11.7 Å². The van der Waals surface area contributed by atoms with Crippen molar-refractivity contribution in [1.29, 1.82) is 0 Å². The van der Waals surface area contributed by atoms with Crippen LogP contribution in [-0.2, 0) is 16.0 Å². The third kappa shape index (κ3) is 3.76. The van der Waals surface area contributed by atoms with Gasteiger partial charge in [-0.05, 0) is 30.9 Å². The Hall–Kier alpha value is -2.21. The smallest absolute Gasteiger partial charge is 0.226 e. The number of hydrogen-bond donors (Lipinski definition) is 2. The number of carbonyl (C=O) groups is 1. The highest BCUT2D eigenvalue weighted by molar-refractivity contribution is 5.79. The lowest BCUT2D eigenvalue weighted by Crippen LogP contribution is -2.38.